The van der Waals surface area contributed by atoms with E-state index in [1.165, 1.54) is 30.6 Å². The van der Waals surface area contributed by atoms with E-state index in [1.807, 2.05) is 0 Å². The molecular weight excluding hydrogens is 224 g/mol. The van der Waals surface area contributed by atoms with E-state index in [2.05, 4.69) is 20.5 Å². The predicted molar refractivity (Wildman–Crippen MR) is 57.7 cm³/mol. The number of H-pyrrole nitrogens is 1. The zero-order chi connectivity index (χ0) is 12.3. The fraction of sp³-hybridized carbons (Fsp3) is 0. The molecule has 7 heteroatoms. The first-order chi connectivity index (χ1) is 8.16. The highest BCUT2D eigenvalue weighted by molar-refractivity contribution is 6.01. The van der Waals surface area contributed by atoms with E-state index in [9.17, 15) is 9.59 Å². The molecule has 0 saturated heterocycles. The Bertz CT molecular complexity index is 533. The average molecular weight is 232 g/mol. The summed E-state index contributed by atoms with van der Waals surface area (Å²) in [6, 6.07) is 5.80. The lowest BCUT2D eigenvalue weighted by atomic mass is 10.2. The van der Waals surface area contributed by atoms with Crippen LogP contribution in [0.1, 0.15) is 21.0 Å². The van der Waals surface area contributed by atoms with Gasteiger partial charge in [-0.1, -0.05) is 0 Å². The number of aromatic nitrogens is 3. The van der Waals surface area contributed by atoms with Gasteiger partial charge in [-0.15, -0.1) is 0 Å². The van der Waals surface area contributed by atoms with Crippen LogP contribution in [0.5, 0.6) is 0 Å². The number of rotatable bonds is 3. The van der Waals surface area contributed by atoms with E-state index >= 15 is 0 Å². The van der Waals surface area contributed by atoms with Gasteiger partial charge in [0.05, 0.1) is 5.56 Å². The van der Waals surface area contributed by atoms with Gasteiger partial charge in [-0.3, -0.25) is 9.89 Å². The lowest BCUT2D eigenvalue weighted by Gasteiger charge is -2.02. The molecule has 0 saturated carbocycles. The standard InChI is InChI=1S/C10H8N4O3/c15-9(8-11-5-12-14-8)13-7-3-1-6(2-4-7)10(16)17/h1-5H,(H,13,15)(H,16,17)(H,11,12,14). The molecule has 0 radical (unpaired) electrons. The summed E-state index contributed by atoms with van der Waals surface area (Å²) in [5.74, 6) is -1.36. The number of nitrogens with zero attached hydrogens (tertiary/aromatic N) is 2. The van der Waals surface area contributed by atoms with Gasteiger partial charge in [0, 0.05) is 5.69 Å². The van der Waals surface area contributed by atoms with Crippen LogP contribution in [0.3, 0.4) is 0 Å². The number of nitrogens with one attached hydrogen (secondary N) is 2. The summed E-state index contributed by atoms with van der Waals surface area (Å²) in [5.41, 5.74) is 0.638. The number of amides is 1. The summed E-state index contributed by atoms with van der Waals surface area (Å²) in [7, 11) is 0. The number of aromatic amines is 1. The quantitative estimate of drug-likeness (QED) is 0.723. The first-order valence-electron chi connectivity index (χ1n) is 4.67. The molecule has 0 aliphatic heterocycles. The number of hydrogen-bond acceptors (Lipinski definition) is 4. The van der Waals surface area contributed by atoms with Gasteiger partial charge in [0.25, 0.3) is 5.91 Å². The second-order valence-electron chi connectivity index (χ2n) is 3.17. The van der Waals surface area contributed by atoms with Crippen molar-refractivity contribution in [1.29, 1.82) is 0 Å². The Balaban J connectivity index is 2.09. The van der Waals surface area contributed by atoms with Crippen molar-refractivity contribution < 1.29 is 14.7 Å². The Kier molecular flexibility index (Phi) is 2.82. The maximum Gasteiger partial charge on any atom is 0.335 e. The third-order valence-electron chi connectivity index (χ3n) is 2.02. The number of hydrogen-bond donors (Lipinski definition) is 3. The maximum atomic E-state index is 11.5. The summed E-state index contributed by atoms with van der Waals surface area (Å²) < 4.78 is 0. The van der Waals surface area contributed by atoms with Gasteiger partial charge in [-0.05, 0) is 24.3 Å². The highest BCUT2D eigenvalue weighted by Gasteiger charge is 2.09. The largest absolute Gasteiger partial charge is 0.478 e. The molecule has 17 heavy (non-hydrogen) atoms. The molecule has 0 bridgehead atoms. The number of carbonyl (C=O) groups excluding carboxylic acids is 1. The van der Waals surface area contributed by atoms with E-state index in [-0.39, 0.29) is 11.4 Å². The zero-order valence-corrected chi connectivity index (χ0v) is 8.54. The fourth-order valence-corrected chi connectivity index (χ4v) is 1.20. The molecule has 2 aromatic rings. The molecule has 0 unspecified atom stereocenters. The van der Waals surface area contributed by atoms with E-state index in [4.69, 9.17) is 5.11 Å². The third kappa shape index (κ3) is 2.46. The number of carboxylic acid groups (broad SMARTS) is 1. The summed E-state index contributed by atoms with van der Waals surface area (Å²) in [6.45, 7) is 0. The Morgan fingerprint density at radius 1 is 1.24 bits per heavy atom. The number of carbonyl (C=O) groups is 2. The molecule has 1 heterocycles. The molecule has 0 spiro atoms. The molecule has 0 atom stereocenters. The Morgan fingerprint density at radius 3 is 2.47 bits per heavy atom. The van der Waals surface area contributed by atoms with Crippen molar-refractivity contribution in [3.05, 3.63) is 42.0 Å². The molecule has 7 nitrogen and oxygen atoms in total. The average Bonchev–Trinajstić information content (AvgIpc) is 2.83. The number of carboxylic acids is 1. The molecule has 2 rings (SSSR count). The van der Waals surface area contributed by atoms with Crippen LogP contribution in [0.25, 0.3) is 0 Å². The van der Waals surface area contributed by atoms with Gasteiger partial charge in [0.1, 0.15) is 6.33 Å². The first-order valence-corrected chi connectivity index (χ1v) is 4.67. The molecule has 1 amide bonds. The predicted octanol–water partition coefficient (Wildman–Crippen LogP) is 0.755. The van der Waals surface area contributed by atoms with Crippen LogP contribution < -0.4 is 5.32 Å². The molecule has 3 N–H and O–H groups in total. The minimum atomic E-state index is -1.02. The van der Waals surface area contributed by atoms with Crippen LogP contribution in [0.15, 0.2) is 30.6 Å². The maximum absolute atomic E-state index is 11.5. The summed E-state index contributed by atoms with van der Waals surface area (Å²) in [6.07, 6.45) is 1.22. The molecule has 86 valence electrons. The monoisotopic (exact) mass is 232 g/mol. The van der Waals surface area contributed by atoms with E-state index in [0.29, 0.717) is 5.69 Å². The van der Waals surface area contributed by atoms with E-state index in [1.54, 1.807) is 0 Å². The minimum Gasteiger partial charge on any atom is -0.478 e. The van der Waals surface area contributed by atoms with Crippen molar-refractivity contribution in [1.82, 2.24) is 15.2 Å². The van der Waals surface area contributed by atoms with Gasteiger partial charge >= 0.3 is 5.97 Å². The van der Waals surface area contributed by atoms with E-state index < -0.39 is 11.9 Å². The lowest BCUT2D eigenvalue weighted by molar-refractivity contribution is 0.0696. The first kappa shape index (κ1) is 10.8. The highest BCUT2D eigenvalue weighted by atomic mass is 16.4. The minimum absolute atomic E-state index is 0.0901. The van der Waals surface area contributed by atoms with Gasteiger partial charge < -0.3 is 10.4 Å². The van der Waals surface area contributed by atoms with Crippen molar-refractivity contribution >= 4 is 17.6 Å². The van der Waals surface area contributed by atoms with Gasteiger partial charge in [0.2, 0.25) is 5.82 Å². The van der Waals surface area contributed by atoms with Crippen molar-refractivity contribution in [2.24, 2.45) is 0 Å². The van der Waals surface area contributed by atoms with Gasteiger partial charge in [-0.2, -0.15) is 5.10 Å². The third-order valence-corrected chi connectivity index (χ3v) is 2.02. The molecular formula is C10H8N4O3. The van der Waals surface area contributed by atoms with Crippen LogP contribution in [-0.2, 0) is 0 Å². The van der Waals surface area contributed by atoms with Crippen LogP contribution in [-0.4, -0.2) is 32.2 Å². The summed E-state index contributed by atoms with van der Waals surface area (Å²) in [4.78, 5) is 25.8. The Labute approximate surface area is 95.5 Å². The molecule has 0 fully saturated rings. The second-order valence-corrected chi connectivity index (χ2v) is 3.17. The van der Waals surface area contributed by atoms with Crippen molar-refractivity contribution in [3.63, 3.8) is 0 Å². The summed E-state index contributed by atoms with van der Waals surface area (Å²) >= 11 is 0. The van der Waals surface area contributed by atoms with Crippen molar-refractivity contribution in [2.75, 3.05) is 5.32 Å². The summed E-state index contributed by atoms with van der Waals surface area (Å²) in [5, 5.41) is 17.2. The lowest BCUT2D eigenvalue weighted by Crippen LogP contribution is -2.13. The number of aromatic carboxylic acids is 1. The normalized spacial score (nSPS) is 9.88. The molecule has 0 aliphatic carbocycles. The molecule has 1 aromatic heterocycles. The number of benzene rings is 1. The SMILES string of the molecule is O=C(O)c1ccc(NC(=O)c2ncn[nH]2)cc1. The fourth-order valence-electron chi connectivity index (χ4n) is 1.20. The van der Waals surface area contributed by atoms with Crippen LogP contribution >= 0.6 is 0 Å². The molecule has 1 aromatic carbocycles. The number of anilines is 1. The van der Waals surface area contributed by atoms with Crippen LogP contribution in [0.4, 0.5) is 5.69 Å². The zero-order valence-electron chi connectivity index (χ0n) is 8.54. The Hall–Kier alpha value is -2.70. The van der Waals surface area contributed by atoms with Crippen LogP contribution in [0, 0.1) is 0 Å². The highest BCUT2D eigenvalue weighted by Crippen LogP contribution is 2.10. The van der Waals surface area contributed by atoms with Crippen LogP contribution in [0.2, 0.25) is 0 Å². The van der Waals surface area contributed by atoms with Gasteiger partial charge in [-0.25, -0.2) is 9.78 Å². The Morgan fingerprint density at radius 2 is 1.94 bits per heavy atom. The molecule has 0 aliphatic rings. The van der Waals surface area contributed by atoms with Crippen molar-refractivity contribution in [2.45, 2.75) is 0 Å². The van der Waals surface area contributed by atoms with E-state index in [0.717, 1.165) is 0 Å². The second kappa shape index (κ2) is 4.44. The van der Waals surface area contributed by atoms with Crippen molar-refractivity contribution in [3.8, 4) is 0 Å². The smallest absolute Gasteiger partial charge is 0.335 e. The van der Waals surface area contributed by atoms with Gasteiger partial charge in [0.15, 0.2) is 0 Å². The topological polar surface area (TPSA) is 108 Å².